The summed E-state index contributed by atoms with van der Waals surface area (Å²) < 4.78 is 50.1. The number of alkyl halides is 3. The number of hydrogen-bond donors (Lipinski definition) is 5. The molecular formula is C39H46F3N5O6. The number of nitrogens with one attached hydrogen (secondary N) is 3. The zero-order chi connectivity index (χ0) is 38.7. The van der Waals surface area contributed by atoms with Crippen molar-refractivity contribution in [3.8, 4) is 0 Å². The molecule has 2 aliphatic heterocycles. The number of ether oxygens (including phenoxy) is 1. The second-order valence-electron chi connectivity index (χ2n) is 14.5. The lowest BCUT2D eigenvalue weighted by Gasteiger charge is -2.32. The van der Waals surface area contributed by atoms with Crippen molar-refractivity contribution in [3.63, 3.8) is 0 Å². The number of carboxylic acid groups (broad SMARTS) is 1. The molecule has 6 atom stereocenters. The van der Waals surface area contributed by atoms with E-state index in [1.165, 1.54) is 14.0 Å². The van der Waals surface area contributed by atoms with Gasteiger partial charge in [0.25, 0.3) is 0 Å². The lowest BCUT2D eigenvalue weighted by Crippen LogP contribution is -2.54. The zero-order valence-electron chi connectivity index (χ0n) is 30.9. The molecule has 0 spiro atoms. The number of aromatic amines is 2. The van der Waals surface area contributed by atoms with Gasteiger partial charge in [-0.3, -0.25) is 29.7 Å². The summed E-state index contributed by atoms with van der Waals surface area (Å²) in [7, 11) is 1.27. The highest BCUT2D eigenvalue weighted by molar-refractivity contribution is 6.23. The lowest BCUT2D eigenvalue weighted by atomic mass is 9.84. The van der Waals surface area contributed by atoms with E-state index in [9.17, 15) is 24.6 Å². The van der Waals surface area contributed by atoms with Gasteiger partial charge in [0.05, 0.1) is 18.3 Å². The van der Waals surface area contributed by atoms with Gasteiger partial charge in [0.15, 0.2) is 5.78 Å². The van der Waals surface area contributed by atoms with E-state index in [-0.39, 0.29) is 64.5 Å². The van der Waals surface area contributed by atoms with Crippen molar-refractivity contribution in [3.05, 3.63) is 68.8 Å². The maximum absolute atomic E-state index is 15.1. The second kappa shape index (κ2) is 14.0. The van der Waals surface area contributed by atoms with E-state index in [0.29, 0.717) is 58.6 Å². The molecule has 0 aromatic carbocycles. The van der Waals surface area contributed by atoms with Crippen LogP contribution < -0.4 is 5.32 Å². The van der Waals surface area contributed by atoms with Crippen LogP contribution in [0.4, 0.5) is 13.2 Å². The van der Waals surface area contributed by atoms with E-state index in [1.54, 1.807) is 19.1 Å². The Balaban J connectivity index is 1.79. The van der Waals surface area contributed by atoms with Crippen molar-refractivity contribution in [2.45, 2.75) is 115 Å². The Morgan fingerprint density at radius 3 is 2.19 bits per heavy atom. The van der Waals surface area contributed by atoms with Gasteiger partial charge < -0.3 is 24.9 Å². The number of methoxy groups -OCH3 is 1. The minimum atomic E-state index is -5.11. The molecule has 0 fully saturated rings. The van der Waals surface area contributed by atoms with Crippen LogP contribution in [0.5, 0.6) is 0 Å². The fourth-order valence-corrected chi connectivity index (χ4v) is 8.39. The number of carbonyl (C=O) groups is 3. The Morgan fingerprint density at radius 2 is 1.57 bits per heavy atom. The first-order valence-electron chi connectivity index (χ1n) is 18.1. The van der Waals surface area contributed by atoms with E-state index < -0.39 is 47.4 Å². The van der Waals surface area contributed by atoms with E-state index in [0.717, 1.165) is 0 Å². The number of halogens is 3. The summed E-state index contributed by atoms with van der Waals surface area (Å²) in [4.78, 5) is 55.5. The average molecular weight is 738 g/mol. The Labute approximate surface area is 304 Å². The van der Waals surface area contributed by atoms with Crippen LogP contribution in [0.3, 0.4) is 0 Å². The third-order valence-electron chi connectivity index (χ3n) is 11.5. The first-order valence-corrected chi connectivity index (χ1v) is 18.1. The molecule has 2 unspecified atom stereocenters. The Bertz CT molecular complexity index is 2160. The number of Topliss-reactive ketones (excluding diaryl/α,β-unsaturated/α-hetero) is 1. The van der Waals surface area contributed by atoms with E-state index in [4.69, 9.17) is 14.7 Å². The predicted octanol–water partition coefficient (Wildman–Crippen LogP) is 7.53. The average Bonchev–Trinajstić information content (AvgIpc) is 3.84. The number of nitrogens with zero attached hydrogens (tertiary/aromatic N) is 2. The molecule has 11 nitrogen and oxygen atoms in total. The third-order valence-corrected chi connectivity index (χ3v) is 11.5. The second-order valence-corrected chi connectivity index (χ2v) is 14.5. The molecule has 14 heteroatoms. The van der Waals surface area contributed by atoms with Crippen molar-refractivity contribution in [2.24, 2.45) is 0 Å². The number of esters is 1. The largest absolute Gasteiger partial charge is 0.480 e. The van der Waals surface area contributed by atoms with Crippen LogP contribution in [0.2, 0.25) is 0 Å². The SMILES string of the molecule is CCCCNC(O)(c1c(C)c2cc3nc(c4c5[nH]c(cc6nc(cc1[nH]2)[C@H](C)[C@H]6CC)c(C)c5C(=O)C4C(=O)O)[C@@H](CCC(=O)OC)[C@@H]3C)C(F)(F)F. The number of aryl methyl sites for hydroxylation is 2. The molecule has 3 aromatic heterocycles. The molecule has 8 bridgehead atoms. The van der Waals surface area contributed by atoms with E-state index >= 15 is 13.2 Å². The van der Waals surface area contributed by atoms with Gasteiger partial charge in [-0.25, -0.2) is 0 Å². The number of unbranched alkanes of at least 4 members (excludes halogenated alkanes) is 1. The van der Waals surface area contributed by atoms with Crippen molar-refractivity contribution in [2.75, 3.05) is 13.7 Å². The third kappa shape index (κ3) is 6.23. The van der Waals surface area contributed by atoms with Crippen LogP contribution in [-0.4, -0.2) is 67.7 Å². The summed E-state index contributed by atoms with van der Waals surface area (Å²) in [6, 6.07) is 4.99. The van der Waals surface area contributed by atoms with E-state index in [2.05, 4.69) is 15.3 Å². The minimum absolute atomic E-state index is 0.0196. The number of fused-ring (bicyclic) bond motifs is 8. The van der Waals surface area contributed by atoms with Gasteiger partial charge in [0.1, 0.15) is 5.92 Å². The van der Waals surface area contributed by atoms with Crippen LogP contribution in [0.1, 0.15) is 145 Å². The molecule has 53 heavy (non-hydrogen) atoms. The molecule has 284 valence electrons. The number of carbonyl (C=O) groups excluding carboxylic acids is 2. The van der Waals surface area contributed by atoms with Crippen LogP contribution >= 0.6 is 0 Å². The van der Waals surface area contributed by atoms with Crippen molar-refractivity contribution >= 4 is 39.8 Å². The Kier molecular flexibility index (Phi) is 10.1. The van der Waals surface area contributed by atoms with Gasteiger partial charge in [-0.15, -0.1) is 0 Å². The van der Waals surface area contributed by atoms with Gasteiger partial charge in [-0.2, -0.15) is 13.2 Å². The molecule has 1 aliphatic carbocycles. The fourth-order valence-electron chi connectivity index (χ4n) is 8.39. The van der Waals surface area contributed by atoms with Crippen molar-refractivity contribution < 1.29 is 42.5 Å². The quantitative estimate of drug-likeness (QED) is 0.0611. The normalized spacial score (nSPS) is 22.2. The van der Waals surface area contributed by atoms with Gasteiger partial charge in [0, 0.05) is 80.4 Å². The standard InChI is InChI=1S/C39H46F3N5O6/c1-8-10-13-43-38(52,39(40,41)42)33-20(6)26-14-24-18(4)22(11-12-29(48)53-7)34(46-24)31-32(37(50)51)36(49)30-19(5)25(47-35(30)31)15-27-21(9-2)17(3)23(44-27)16-28(33)45-26/h14-18,21-22,32,43,45,47,52H,8-13H2,1-7H3,(H,50,51)/t17-,18+,21-,22+,32?,38?/m1/s1. The molecule has 0 amide bonds. The minimum Gasteiger partial charge on any atom is -0.480 e. The van der Waals surface area contributed by atoms with Crippen molar-refractivity contribution in [1.29, 1.82) is 0 Å². The number of aliphatic hydroxyl groups is 1. The Hall–Kier alpha value is -4.56. The molecule has 3 aromatic rings. The summed E-state index contributed by atoms with van der Waals surface area (Å²) in [5, 5.41) is 24.5. The number of hydrogen-bond acceptors (Lipinski definition) is 8. The van der Waals surface area contributed by atoms with Crippen LogP contribution in [0.15, 0.2) is 18.2 Å². The topological polar surface area (TPSA) is 170 Å². The van der Waals surface area contributed by atoms with Gasteiger partial charge in [0.2, 0.25) is 5.72 Å². The molecule has 5 heterocycles. The molecule has 6 rings (SSSR count). The molecule has 0 radical (unpaired) electrons. The Morgan fingerprint density at radius 1 is 0.943 bits per heavy atom. The summed E-state index contributed by atoms with van der Waals surface area (Å²) in [5.74, 6) is -5.33. The molecular weight excluding hydrogens is 691 g/mol. The van der Waals surface area contributed by atoms with Crippen LogP contribution in [-0.2, 0) is 20.1 Å². The maximum atomic E-state index is 15.1. The molecule has 5 N–H and O–H groups in total. The number of aliphatic carboxylic acids is 1. The fraction of sp³-hybridized carbons (Fsp3) is 0.513. The maximum Gasteiger partial charge on any atom is 0.435 e. The number of H-pyrrole nitrogens is 2. The summed E-state index contributed by atoms with van der Waals surface area (Å²) in [5.41, 5.74) is 0.401. The number of ketones is 1. The summed E-state index contributed by atoms with van der Waals surface area (Å²) in [6.07, 6.45) is -3.26. The highest BCUT2D eigenvalue weighted by atomic mass is 19.4. The van der Waals surface area contributed by atoms with Crippen molar-refractivity contribution in [1.82, 2.24) is 25.3 Å². The summed E-state index contributed by atoms with van der Waals surface area (Å²) >= 11 is 0. The molecule has 0 saturated heterocycles. The first-order chi connectivity index (χ1) is 25.0. The van der Waals surface area contributed by atoms with Crippen LogP contribution in [0, 0.1) is 13.8 Å². The van der Waals surface area contributed by atoms with E-state index in [1.807, 2.05) is 33.8 Å². The highest BCUT2D eigenvalue weighted by Crippen LogP contribution is 2.49. The zero-order valence-corrected chi connectivity index (χ0v) is 30.9. The lowest BCUT2D eigenvalue weighted by molar-refractivity contribution is -0.279. The highest BCUT2D eigenvalue weighted by Gasteiger charge is 2.57. The molecule has 0 saturated carbocycles. The van der Waals surface area contributed by atoms with Gasteiger partial charge in [-0.05, 0) is 69.0 Å². The van der Waals surface area contributed by atoms with Gasteiger partial charge >= 0.3 is 18.1 Å². The molecule has 3 aliphatic rings. The smallest absolute Gasteiger partial charge is 0.435 e. The monoisotopic (exact) mass is 737 g/mol. The number of aromatic nitrogens is 4. The first kappa shape index (κ1) is 38.2. The summed E-state index contributed by atoms with van der Waals surface area (Å²) in [6.45, 7) is 10.8. The number of rotatable bonds is 10. The van der Waals surface area contributed by atoms with Crippen LogP contribution in [0.25, 0.3) is 22.1 Å². The number of carboxylic acids is 1. The van der Waals surface area contributed by atoms with Gasteiger partial charge in [-0.1, -0.05) is 34.1 Å². The predicted molar refractivity (Wildman–Crippen MR) is 192 cm³/mol.